The first-order chi connectivity index (χ1) is 10.2. The van der Waals surface area contributed by atoms with Crippen molar-refractivity contribution in [3.63, 3.8) is 0 Å². The monoisotopic (exact) mass is 433 g/mol. The number of thiophene rings is 1. The molecule has 0 saturated carbocycles. The van der Waals surface area contributed by atoms with Crippen molar-refractivity contribution in [1.29, 1.82) is 0 Å². The van der Waals surface area contributed by atoms with Gasteiger partial charge in [0.05, 0.1) is 7.57 Å². The molecule has 0 aliphatic heterocycles. The van der Waals surface area contributed by atoms with Crippen LogP contribution in [0.2, 0.25) is 0 Å². The first-order valence-corrected chi connectivity index (χ1v) is 9.74. The van der Waals surface area contributed by atoms with E-state index in [4.69, 9.17) is 0 Å². The summed E-state index contributed by atoms with van der Waals surface area (Å²) in [6.07, 6.45) is 7.15. The molecule has 6 heteroatoms. The molecule has 116 valence electrons. The Morgan fingerprint density at radius 2 is 2.14 bits per heavy atom. The van der Waals surface area contributed by atoms with Crippen molar-refractivity contribution >= 4 is 43.2 Å². The number of hydrogen-bond donors (Lipinski definition) is 1. The molecular formula is C15H21Br2N3S. The maximum Gasteiger partial charge on any atom is 0.110 e. The zero-order valence-electron chi connectivity index (χ0n) is 12.4. The summed E-state index contributed by atoms with van der Waals surface area (Å²) in [6, 6.07) is 2.50. The number of aromatic nitrogens is 2. The van der Waals surface area contributed by atoms with Crippen molar-refractivity contribution in [3.05, 3.63) is 37.4 Å². The van der Waals surface area contributed by atoms with Gasteiger partial charge in [0.1, 0.15) is 5.82 Å². The first-order valence-electron chi connectivity index (χ1n) is 7.33. The van der Waals surface area contributed by atoms with Gasteiger partial charge < -0.3 is 9.88 Å². The van der Waals surface area contributed by atoms with Gasteiger partial charge in [0.2, 0.25) is 0 Å². The minimum atomic E-state index is 0.292. The molecule has 0 amide bonds. The predicted molar refractivity (Wildman–Crippen MR) is 97.0 cm³/mol. The van der Waals surface area contributed by atoms with Gasteiger partial charge in [0.25, 0.3) is 0 Å². The van der Waals surface area contributed by atoms with Crippen LogP contribution in [0.25, 0.3) is 0 Å². The predicted octanol–water partition coefficient (Wildman–Crippen LogP) is 5.16. The third-order valence-corrected chi connectivity index (χ3v) is 5.74. The number of aryl methyl sites for hydroxylation is 1. The number of halogens is 2. The molecule has 2 aromatic heterocycles. The lowest BCUT2D eigenvalue weighted by Gasteiger charge is -2.19. The van der Waals surface area contributed by atoms with Gasteiger partial charge in [-0.3, -0.25) is 0 Å². The molecule has 0 aliphatic carbocycles. The van der Waals surface area contributed by atoms with Crippen molar-refractivity contribution < 1.29 is 0 Å². The molecule has 1 N–H and O–H groups in total. The summed E-state index contributed by atoms with van der Waals surface area (Å²) in [5.41, 5.74) is 1.31. The number of nitrogens with one attached hydrogen (secondary N) is 1. The number of rotatable bonds is 8. The van der Waals surface area contributed by atoms with Crippen LogP contribution in [0.1, 0.15) is 44.1 Å². The SMILES string of the molecule is CCCNC(Cc1nccn1CCC)c1cc(Br)sc1Br. The lowest BCUT2D eigenvalue weighted by atomic mass is 10.1. The average molecular weight is 435 g/mol. The molecule has 2 heterocycles. The Bertz CT molecular complexity index is 565. The van der Waals surface area contributed by atoms with Crippen LogP contribution >= 0.6 is 43.2 Å². The normalized spacial score (nSPS) is 12.8. The summed E-state index contributed by atoms with van der Waals surface area (Å²) in [5, 5.41) is 3.65. The molecule has 0 aromatic carbocycles. The average Bonchev–Trinajstić information content (AvgIpc) is 3.02. The van der Waals surface area contributed by atoms with E-state index in [0.29, 0.717) is 6.04 Å². The molecule has 21 heavy (non-hydrogen) atoms. The Kier molecular flexibility index (Phi) is 6.92. The van der Waals surface area contributed by atoms with Gasteiger partial charge in [-0.2, -0.15) is 0 Å². The summed E-state index contributed by atoms with van der Waals surface area (Å²) >= 11 is 8.99. The van der Waals surface area contributed by atoms with E-state index in [9.17, 15) is 0 Å². The molecule has 0 saturated heterocycles. The summed E-state index contributed by atoms with van der Waals surface area (Å²) < 4.78 is 4.61. The second-order valence-corrected chi connectivity index (χ2v) is 8.78. The van der Waals surface area contributed by atoms with Crippen LogP contribution in [0.15, 0.2) is 26.0 Å². The minimum absolute atomic E-state index is 0.292. The van der Waals surface area contributed by atoms with E-state index in [1.807, 2.05) is 6.20 Å². The topological polar surface area (TPSA) is 29.9 Å². The summed E-state index contributed by atoms with van der Waals surface area (Å²) in [5.74, 6) is 1.15. The van der Waals surface area contributed by atoms with Gasteiger partial charge in [-0.15, -0.1) is 11.3 Å². The van der Waals surface area contributed by atoms with E-state index in [-0.39, 0.29) is 0 Å². The largest absolute Gasteiger partial charge is 0.335 e. The maximum absolute atomic E-state index is 4.54. The Morgan fingerprint density at radius 3 is 2.76 bits per heavy atom. The molecule has 0 radical (unpaired) electrons. The first kappa shape index (κ1) is 17.2. The van der Waals surface area contributed by atoms with Crippen molar-refractivity contribution in [3.8, 4) is 0 Å². The number of hydrogen-bond acceptors (Lipinski definition) is 3. The Hall–Kier alpha value is -0.170. The zero-order valence-corrected chi connectivity index (χ0v) is 16.4. The van der Waals surface area contributed by atoms with E-state index in [1.165, 1.54) is 9.35 Å². The molecule has 0 aliphatic rings. The molecule has 1 unspecified atom stereocenters. The van der Waals surface area contributed by atoms with Gasteiger partial charge in [0, 0.05) is 31.4 Å². The number of imidazole rings is 1. The summed E-state index contributed by atoms with van der Waals surface area (Å²) in [6.45, 7) is 6.44. The fraction of sp³-hybridized carbons (Fsp3) is 0.533. The van der Waals surface area contributed by atoms with Gasteiger partial charge in [-0.25, -0.2) is 4.98 Å². The second kappa shape index (κ2) is 8.46. The lowest BCUT2D eigenvalue weighted by molar-refractivity contribution is 0.502. The minimum Gasteiger partial charge on any atom is -0.335 e. The van der Waals surface area contributed by atoms with Gasteiger partial charge >= 0.3 is 0 Å². The van der Waals surface area contributed by atoms with Crippen LogP contribution in [0, 0.1) is 0 Å². The highest BCUT2D eigenvalue weighted by Crippen LogP contribution is 2.36. The van der Waals surface area contributed by atoms with E-state index in [0.717, 1.165) is 42.0 Å². The standard InChI is InChI=1S/C15H21Br2N3S/c1-3-5-18-12(11-9-13(16)21-15(11)17)10-14-19-6-8-20(14)7-4-2/h6,8-9,12,18H,3-5,7,10H2,1-2H3. The van der Waals surface area contributed by atoms with Gasteiger partial charge in [-0.1, -0.05) is 13.8 Å². The molecule has 3 nitrogen and oxygen atoms in total. The Balaban J connectivity index is 2.20. The van der Waals surface area contributed by atoms with E-state index in [1.54, 1.807) is 11.3 Å². The van der Waals surface area contributed by atoms with E-state index in [2.05, 4.69) is 72.8 Å². The molecule has 0 fully saturated rings. The quantitative estimate of drug-likeness (QED) is 0.621. The third-order valence-electron chi connectivity index (χ3n) is 3.35. The highest BCUT2D eigenvalue weighted by molar-refractivity contribution is 9.12. The maximum atomic E-state index is 4.54. The smallest absolute Gasteiger partial charge is 0.110 e. The lowest BCUT2D eigenvalue weighted by Crippen LogP contribution is -2.25. The van der Waals surface area contributed by atoms with E-state index < -0.39 is 0 Å². The fourth-order valence-corrected chi connectivity index (χ4v) is 5.33. The van der Waals surface area contributed by atoms with Gasteiger partial charge in [0.15, 0.2) is 0 Å². The van der Waals surface area contributed by atoms with Crippen molar-refractivity contribution in [1.82, 2.24) is 14.9 Å². The van der Waals surface area contributed by atoms with Crippen LogP contribution in [0.5, 0.6) is 0 Å². The van der Waals surface area contributed by atoms with Crippen LogP contribution < -0.4 is 5.32 Å². The molecule has 0 spiro atoms. The number of nitrogens with zero attached hydrogens (tertiary/aromatic N) is 2. The molecule has 2 aromatic rings. The van der Waals surface area contributed by atoms with Crippen LogP contribution in [0.3, 0.4) is 0 Å². The Labute approximate surface area is 147 Å². The molecule has 1 atom stereocenters. The van der Waals surface area contributed by atoms with Gasteiger partial charge in [-0.05, 0) is 62.9 Å². The molecule has 2 rings (SSSR count). The van der Waals surface area contributed by atoms with Crippen LogP contribution in [0.4, 0.5) is 0 Å². The molecular weight excluding hydrogens is 414 g/mol. The molecule has 0 bridgehead atoms. The summed E-state index contributed by atoms with van der Waals surface area (Å²) in [7, 11) is 0. The second-order valence-electron chi connectivity index (χ2n) is 5.03. The summed E-state index contributed by atoms with van der Waals surface area (Å²) in [4.78, 5) is 4.54. The third kappa shape index (κ3) is 4.65. The zero-order chi connectivity index (χ0) is 15.2. The van der Waals surface area contributed by atoms with Crippen molar-refractivity contribution in [2.45, 2.75) is 45.7 Å². The Morgan fingerprint density at radius 1 is 1.33 bits per heavy atom. The fourth-order valence-electron chi connectivity index (χ4n) is 2.36. The highest BCUT2D eigenvalue weighted by atomic mass is 79.9. The van der Waals surface area contributed by atoms with Crippen LogP contribution in [-0.4, -0.2) is 16.1 Å². The van der Waals surface area contributed by atoms with E-state index >= 15 is 0 Å². The van der Waals surface area contributed by atoms with Crippen molar-refractivity contribution in [2.75, 3.05) is 6.54 Å². The van der Waals surface area contributed by atoms with Crippen LogP contribution in [-0.2, 0) is 13.0 Å². The van der Waals surface area contributed by atoms with Crippen molar-refractivity contribution in [2.24, 2.45) is 0 Å². The highest BCUT2D eigenvalue weighted by Gasteiger charge is 2.19.